The first-order valence-electron chi connectivity index (χ1n) is 10.4. The zero-order valence-corrected chi connectivity index (χ0v) is 17.3. The van der Waals surface area contributed by atoms with Crippen molar-refractivity contribution in [1.82, 2.24) is 24.4 Å². The van der Waals surface area contributed by atoms with Gasteiger partial charge in [0.2, 0.25) is 0 Å². The maximum absolute atomic E-state index is 12.8. The number of para-hydroxylation sites is 1. The second-order valence-electron chi connectivity index (χ2n) is 7.85. The van der Waals surface area contributed by atoms with Gasteiger partial charge in [0, 0.05) is 35.9 Å². The molecule has 0 amide bonds. The molecule has 0 spiro atoms. The summed E-state index contributed by atoms with van der Waals surface area (Å²) >= 11 is 0. The van der Waals surface area contributed by atoms with Crippen LogP contribution < -0.4 is 10.3 Å². The van der Waals surface area contributed by atoms with Gasteiger partial charge in [-0.3, -0.25) is 14.6 Å². The first-order valence-corrected chi connectivity index (χ1v) is 10.4. The summed E-state index contributed by atoms with van der Waals surface area (Å²) in [5.74, 6) is 0.754. The van der Waals surface area contributed by atoms with Crippen LogP contribution in [0.4, 0.5) is 0 Å². The van der Waals surface area contributed by atoms with Crippen LogP contribution >= 0.6 is 0 Å². The number of aromatic amines is 1. The molecular weight excluding hydrogens is 378 g/mol. The molecule has 7 nitrogen and oxygen atoms in total. The minimum Gasteiger partial charge on any atom is -0.496 e. The van der Waals surface area contributed by atoms with Gasteiger partial charge >= 0.3 is 0 Å². The quantitative estimate of drug-likeness (QED) is 0.555. The summed E-state index contributed by atoms with van der Waals surface area (Å²) in [6.07, 6.45) is 7.34. The first-order chi connectivity index (χ1) is 14.7. The largest absolute Gasteiger partial charge is 0.496 e. The molecule has 0 unspecified atom stereocenters. The van der Waals surface area contributed by atoms with Crippen LogP contribution in [0.3, 0.4) is 0 Å². The van der Waals surface area contributed by atoms with Crippen LogP contribution in [0.15, 0.2) is 41.3 Å². The number of ether oxygens (including phenoxy) is 1. The fourth-order valence-corrected chi connectivity index (χ4v) is 4.41. The Kier molecular flexibility index (Phi) is 4.65. The normalized spacial score (nSPS) is 13.5. The molecule has 1 aliphatic rings. The van der Waals surface area contributed by atoms with Crippen molar-refractivity contribution in [3.8, 4) is 17.0 Å². The third-order valence-electron chi connectivity index (χ3n) is 6.01. The summed E-state index contributed by atoms with van der Waals surface area (Å²) in [4.78, 5) is 17.6. The maximum Gasteiger partial charge on any atom is 0.272 e. The van der Waals surface area contributed by atoms with E-state index in [4.69, 9.17) is 9.72 Å². The molecule has 30 heavy (non-hydrogen) atoms. The van der Waals surface area contributed by atoms with Crippen LogP contribution in [0, 0.1) is 6.92 Å². The smallest absolute Gasteiger partial charge is 0.272 e. The van der Waals surface area contributed by atoms with Crippen molar-refractivity contribution < 1.29 is 4.74 Å². The Morgan fingerprint density at radius 1 is 1.20 bits per heavy atom. The molecule has 0 fully saturated rings. The van der Waals surface area contributed by atoms with Gasteiger partial charge in [-0.1, -0.05) is 12.1 Å². The number of aryl methyl sites for hydroxylation is 4. The molecule has 1 aliphatic carbocycles. The van der Waals surface area contributed by atoms with Crippen LogP contribution in [-0.2, 0) is 25.8 Å². The predicted octanol–water partition coefficient (Wildman–Crippen LogP) is 3.32. The highest BCUT2D eigenvalue weighted by molar-refractivity contribution is 5.74. The highest BCUT2D eigenvalue weighted by Gasteiger charge is 2.17. The van der Waals surface area contributed by atoms with Gasteiger partial charge in [-0.05, 0) is 50.3 Å². The molecule has 0 saturated heterocycles. The number of benzene rings is 1. The topological polar surface area (TPSA) is 77.2 Å². The Hall–Kier alpha value is -3.35. The number of aromatic nitrogens is 5. The average molecular weight is 403 g/mol. The number of H-pyrrole nitrogens is 1. The number of nitrogens with zero attached hydrogens (tertiary/aromatic N) is 4. The van der Waals surface area contributed by atoms with E-state index < -0.39 is 0 Å². The van der Waals surface area contributed by atoms with E-state index in [2.05, 4.69) is 14.9 Å². The second-order valence-corrected chi connectivity index (χ2v) is 7.85. The monoisotopic (exact) mass is 403 g/mol. The summed E-state index contributed by atoms with van der Waals surface area (Å²) < 4.78 is 9.09. The SMILES string of the molecule is COc1ccccc1-c1[nH]n2c(=O)cc(CCn3ncc4c3CCCC4)nc2c1C. The number of methoxy groups -OCH3 is 1. The summed E-state index contributed by atoms with van der Waals surface area (Å²) in [6.45, 7) is 2.72. The zero-order valence-electron chi connectivity index (χ0n) is 17.3. The van der Waals surface area contributed by atoms with Crippen molar-refractivity contribution >= 4 is 5.65 Å². The zero-order chi connectivity index (χ0) is 20.7. The van der Waals surface area contributed by atoms with Crippen LogP contribution in [0.1, 0.15) is 35.4 Å². The molecule has 1 aromatic carbocycles. The van der Waals surface area contributed by atoms with Gasteiger partial charge in [0.1, 0.15) is 5.75 Å². The summed E-state index contributed by atoms with van der Waals surface area (Å²) in [5.41, 5.74) is 6.72. The number of hydrogen-bond donors (Lipinski definition) is 1. The van der Waals surface area contributed by atoms with Crippen LogP contribution in [-0.4, -0.2) is 31.5 Å². The molecule has 3 aromatic heterocycles. The van der Waals surface area contributed by atoms with E-state index in [-0.39, 0.29) is 5.56 Å². The lowest BCUT2D eigenvalue weighted by Gasteiger charge is -2.13. The lowest BCUT2D eigenvalue weighted by Crippen LogP contribution is -2.17. The van der Waals surface area contributed by atoms with Crippen molar-refractivity contribution in [2.45, 2.75) is 45.6 Å². The molecule has 4 aromatic rings. The minimum absolute atomic E-state index is 0.109. The highest BCUT2D eigenvalue weighted by atomic mass is 16.5. The average Bonchev–Trinajstić information content (AvgIpc) is 3.34. The van der Waals surface area contributed by atoms with Crippen molar-refractivity contribution in [1.29, 1.82) is 0 Å². The van der Waals surface area contributed by atoms with E-state index in [1.807, 2.05) is 37.4 Å². The maximum atomic E-state index is 12.8. The van der Waals surface area contributed by atoms with Crippen molar-refractivity contribution in [3.63, 3.8) is 0 Å². The molecule has 0 atom stereocenters. The fourth-order valence-electron chi connectivity index (χ4n) is 4.41. The lowest BCUT2D eigenvalue weighted by atomic mass is 9.98. The number of nitrogens with one attached hydrogen (secondary N) is 1. The molecule has 3 heterocycles. The molecule has 0 aliphatic heterocycles. The molecule has 0 bridgehead atoms. The predicted molar refractivity (Wildman–Crippen MR) is 115 cm³/mol. The second kappa shape index (κ2) is 7.48. The summed E-state index contributed by atoms with van der Waals surface area (Å²) in [6, 6.07) is 9.38. The van der Waals surface area contributed by atoms with E-state index in [9.17, 15) is 4.79 Å². The summed E-state index contributed by atoms with van der Waals surface area (Å²) in [7, 11) is 1.65. The third kappa shape index (κ3) is 3.10. The Labute approximate surface area is 174 Å². The van der Waals surface area contributed by atoms with E-state index >= 15 is 0 Å². The molecule has 0 saturated carbocycles. The number of hydrogen-bond acceptors (Lipinski definition) is 4. The molecule has 7 heteroatoms. The number of fused-ring (bicyclic) bond motifs is 2. The first kappa shape index (κ1) is 18.7. The molecular formula is C23H25N5O2. The van der Waals surface area contributed by atoms with Crippen molar-refractivity contribution in [2.75, 3.05) is 7.11 Å². The van der Waals surface area contributed by atoms with Gasteiger partial charge < -0.3 is 4.74 Å². The van der Waals surface area contributed by atoms with E-state index in [0.717, 1.165) is 47.7 Å². The Balaban J connectivity index is 1.49. The van der Waals surface area contributed by atoms with E-state index in [1.165, 1.54) is 28.6 Å². The van der Waals surface area contributed by atoms with E-state index in [1.54, 1.807) is 13.2 Å². The van der Waals surface area contributed by atoms with Crippen LogP contribution in [0.2, 0.25) is 0 Å². The van der Waals surface area contributed by atoms with Gasteiger partial charge in [0.15, 0.2) is 5.65 Å². The lowest BCUT2D eigenvalue weighted by molar-refractivity contribution is 0.416. The van der Waals surface area contributed by atoms with Crippen LogP contribution in [0.25, 0.3) is 16.9 Å². The van der Waals surface area contributed by atoms with Crippen molar-refractivity contribution in [3.05, 3.63) is 69.4 Å². The van der Waals surface area contributed by atoms with Crippen LogP contribution in [0.5, 0.6) is 5.75 Å². The fraction of sp³-hybridized carbons (Fsp3) is 0.348. The van der Waals surface area contributed by atoms with Gasteiger partial charge in [-0.2, -0.15) is 5.10 Å². The van der Waals surface area contributed by atoms with Gasteiger partial charge in [0.05, 0.1) is 24.7 Å². The molecule has 0 radical (unpaired) electrons. The Bertz CT molecular complexity index is 1280. The molecule has 5 rings (SSSR count). The van der Waals surface area contributed by atoms with E-state index in [0.29, 0.717) is 12.1 Å². The number of rotatable bonds is 5. The highest BCUT2D eigenvalue weighted by Crippen LogP contribution is 2.31. The molecule has 154 valence electrons. The minimum atomic E-state index is -0.109. The molecule has 1 N–H and O–H groups in total. The van der Waals surface area contributed by atoms with Gasteiger partial charge in [-0.15, -0.1) is 0 Å². The third-order valence-corrected chi connectivity index (χ3v) is 6.01. The van der Waals surface area contributed by atoms with Gasteiger partial charge in [0.25, 0.3) is 5.56 Å². The Morgan fingerprint density at radius 3 is 2.90 bits per heavy atom. The Morgan fingerprint density at radius 2 is 2.03 bits per heavy atom. The van der Waals surface area contributed by atoms with Gasteiger partial charge in [-0.25, -0.2) is 9.50 Å². The summed E-state index contributed by atoms with van der Waals surface area (Å²) in [5, 5.41) is 7.77. The van der Waals surface area contributed by atoms with Crippen molar-refractivity contribution in [2.24, 2.45) is 0 Å². The standard InChI is InChI=1S/C23H25N5O2/c1-15-22(18-8-4-6-10-20(18)30-2)26-28-21(29)13-17(25-23(15)28)11-12-27-19-9-5-3-7-16(19)14-24-27/h4,6,8,10,13-14,26H,3,5,7,9,11-12H2,1-2H3.